The van der Waals surface area contributed by atoms with Crippen molar-refractivity contribution in [3.8, 4) is 5.75 Å². The summed E-state index contributed by atoms with van der Waals surface area (Å²) < 4.78 is 11.0. The minimum atomic E-state index is 0.208. The Labute approximate surface area is 123 Å². The summed E-state index contributed by atoms with van der Waals surface area (Å²) in [5, 5.41) is 4.19. The summed E-state index contributed by atoms with van der Waals surface area (Å²) in [6.07, 6.45) is 3.26. The van der Waals surface area contributed by atoms with Crippen LogP contribution in [0.5, 0.6) is 5.75 Å². The molecule has 0 bridgehead atoms. The molecule has 1 N–H and O–H groups in total. The predicted molar refractivity (Wildman–Crippen MR) is 81.3 cm³/mol. The highest BCUT2D eigenvalue weighted by Gasteiger charge is 2.16. The second-order valence-corrected chi connectivity index (χ2v) is 5.16. The van der Waals surface area contributed by atoms with Gasteiger partial charge >= 0.3 is 0 Å². The summed E-state index contributed by atoms with van der Waals surface area (Å²) in [5.41, 5.74) is 1.18. The molecule has 4 nitrogen and oxygen atoms in total. The molecular weight excluding hydrogens is 272 g/mol. The van der Waals surface area contributed by atoms with Crippen LogP contribution in [-0.4, -0.2) is 23.9 Å². The number of oxazole rings is 1. The van der Waals surface area contributed by atoms with Crippen molar-refractivity contribution < 1.29 is 9.15 Å². The van der Waals surface area contributed by atoms with Gasteiger partial charge in [-0.1, -0.05) is 36.9 Å². The maximum atomic E-state index is 5.71. The van der Waals surface area contributed by atoms with E-state index in [0.29, 0.717) is 11.8 Å². The fourth-order valence-electron chi connectivity index (χ4n) is 2.00. The van der Waals surface area contributed by atoms with Crippen molar-refractivity contribution >= 4 is 11.8 Å². The zero-order valence-electron chi connectivity index (χ0n) is 11.8. The first-order chi connectivity index (χ1) is 9.85. The molecule has 5 heteroatoms. The van der Waals surface area contributed by atoms with Crippen molar-refractivity contribution in [3.05, 3.63) is 42.3 Å². The highest BCUT2D eigenvalue weighted by molar-refractivity contribution is 7.99. The normalized spacial score (nSPS) is 12.3. The Hall–Kier alpha value is -1.46. The number of thioether (sulfide) groups is 1. The third kappa shape index (κ3) is 4.02. The standard InChI is InChI=1S/C15H20N2O2S/c1-3-16-13(11-20-15-17-9-10-19-15)12-7-5-6-8-14(12)18-4-2/h5-10,13,16H,3-4,11H2,1-2H3. The van der Waals surface area contributed by atoms with E-state index in [1.807, 2.05) is 25.1 Å². The van der Waals surface area contributed by atoms with Gasteiger partial charge in [0.1, 0.15) is 12.0 Å². The number of hydrogen-bond donors (Lipinski definition) is 1. The Morgan fingerprint density at radius 3 is 2.90 bits per heavy atom. The van der Waals surface area contributed by atoms with Gasteiger partial charge < -0.3 is 14.5 Å². The Bertz CT molecular complexity index is 502. The van der Waals surface area contributed by atoms with Gasteiger partial charge in [0, 0.05) is 17.4 Å². The van der Waals surface area contributed by atoms with E-state index in [1.165, 1.54) is 5.56 Å². The Balaban J connectivity index is 2.10. The zero-order valence-corrected chi connectivity index (χ0v) is 12.7. The van der Waals surface area contributed by atoms with Crippen molar-refractivity contribution in [2.45, 2.75) is 25.1 Å². The molecule has 1 aromatic heterocycles. The molecule has 0 radical (unpaired) electrons. The van der Waals surface area contributed by atoms with Crippen LogP contribution in [0.25, 0.3) is 0 Å². The smallest absolute Gasteiger partial charge is 0.255 e. The second-order valence-electron chi connectivity index (χ2n) is 4.19. The third-order valence-electron chi connectivity index (χ3n) is 2.83. The van der Waals surface area contributed by atoms with Crippen LogP contribution in [0, 0.1) is 0 Å². The maximum absolute atomic E-state index is 5.71. The number of benzene rings is 1. The van der Waals surface area contributed by atoms with Crippen molar-refractivity contribution in [2.24, 2.45) is 0 Å². The van der Waals surface area contributed by atoms with E-state index < -0.39 is 0 Å². The summed E-state index contributed by atoms with van der Waals surface area (Å²) in [6, 6.07) is 8.36. The first-order valence-corrected chi connectivity index (χ1v) is 7.81. The number of hydrogen-bond acceptors (Lipinski definition) is 5. The Morgan fingerprint density at radius 1 is 1.35 bits per heavy atom. The molecule has 1 unspecified atom stereocenters. The average Bonchev–Trinajstić information content (AvgIpc) is 2.98. The highest BCUT2D eigenvalue weighted by atomic mass is 32.2. The SMILES string of the molecule is CCNC(CSc1ncco1)c1ccccc1OCC. The molecule has 0 amide bonds. The molecule has 2 rings (SSSR count). The molecule has 20 heavy (non-hydrogen) atoms. The lowest BCUT2D eigenvalue weighted by Gasteiger charge is -2.20. The summed E-state index contributed by atoms with van der Waals surface area (Å²) >= 11 is 1.60. The minimum absolute atomic E-state index is 0.208. The largest absolute Gasteiger partial charge is 0.494 e. The van der Waals surface area contributed by atoms with E-state index in [0.717, 1.165) is 18.0 Å². The molecular formula is C15H20N2O2S. The number of para-hydroxylation sites is 1. The van der Waals surface area contributed by atoms with Gasteiger partial charge in [-0.15, -0.1) is 0 Å². The van der Waals surface area contributed by atoms with Crippen LogP contribution >= 0.6 is 11.8 Å². The molecule has 1 heterocycles. The third-order valence-corrected chi connectivity index (χ3v) is 3.78. The van der Waals surface area contributed by atoms with Crippen LogP contribution < -0.4 is 10.1 Å². The predicted octanol–water partition coefficient (Wildman–Crippen LogP) is 3.52. The number of nitrogens with one attached hydrogen (secondary N) is 1. The summed E-state index contributed by atoms with van der Waals surface area (Å²) in [6.45, 7) is 5.67. The molecule has 1 aromatic carbocycles. The van der Waals surface area contributed by atoms with Gasteiger partial charge in [-0.05, 0) is 19.5 Å². The van der Waals surface area contributed by atoms with Crippen molar-refractivity contribution in [1.29, 1.82) is 0 Å². The second kappa shape index (κ2) is 7.97. The molecule has 0 aliphatic rings. The van der Waals surface area contributed by atoms with Crippen LogP contribution in [0.2, 0.25) is 0 Å². The molecule has 0 aliphatic heterocycles. The average molecular weight is 292 g/mol. The van der Waals surface area contributed by atoms with Crippen LogP contribution in [0.3, 0.4) is 0 Å². The Morgan fingerprint density at radius 2 is 2.20 bits per heavy atom. The van der Waals surface area contributed by atoms with Gasteiger partial charge in [-0.25, -0.2) is 4.98 Å². The van der Waals surface area contributed by atoms with Crippen molar-refractivity contribution in [2.75, 3.05) is 18.9 Å². The van der Waals surface area contributed by atoms with Crippen LogP contribution in [0.15, 0.2) is 46.4 Å². The first-order valence-electron chi connectivity index (χ1n) is 6.82. The fraction of sp³-hybridized carbons (Fsp3) is 0.400. The molecule has 108 valence electrons. The summed E-state index contributed by atoms with van der Waals surface area (Å²) in [4.78, 5) is 4.14. The highest BCUT2D eigenvalue weighted by Crippen LogP contribution is 2.29. The number of rotatable bonds is 8. The van der Waals surface area contributed by atoms with Gasteiger partial charge in [0.15, 0.2) is 0 Å². The first kappa shape index (κ1) is 14.9. The summed E-state index contributed by atoms with van der Waals surface area (Å²) in [7, 11) is 0. The molecule has 2 aromatic rings. The molecule has 1 atom stereocenters. The van der Waals surface area contributed by atoms with Gasteiger partial charge in [-0.2, -0.15) is 0 Å². The van der Waals surface area contributed by atoms with E-state index in [4.69, 9.17) is 9.15 Å². The molecule has 0 aliphatic carbocycles. The van der Waals surface area contributed by atoms with Gasteiger partial charge in [-0.3, -0.25) is 0 Å². The van der Waals surface area contributed by atoms with E-state index >= 15 is 0 Å². The molecule has 0 saturated heterocycles. The van der Waals surface area contributed by atoms with E-state index in [1.54, 1.807) is 24.2 Å². The van der Waals surface area contributed by atoms with E-state index in [-0.39, 0.29) is 6.04 Å². The van der Waals surface area contributed by atoms with Crippen LogP contribution in [0.1, 0.15) is 25.5 Å². The minimum Gasteiger partial charge on any atom is -0.494 e. The molecule has 0 saturated carbocycles. The fourth-order valence-corrected chi connectivity index (χ4v) is 2.86. The number of nitrogens with zero attached hydrogens (tertiary/aromatic N) is 1. The van der Waals surface area contributed by atoms with Gasteiger partial charge in [0.2, 0.25) is 0 Å². The molecule has 0 spiro atoms. The van der Waals surface area contributed by atoms with Crippen LogP contribution in [-0.2, 0) is 0 Å². The van der Waals surface area contributed by atoms with Crippen LogP contribution in [0.4, 0.5) is 0 Å². The number of ether oxygens (including phenoxy) is 1. The maximum Gasteiger partial charge on any atom is 0.255 e. The van der Waals surface area contributed by atoms with E-state index in [2.05, 4.69) is 23.3 Å². The van der Waals surface area contributed by atoms with Gasteiger partial charge in [0.25, 0.3) is 5.22 Å². The lowest BCUT2D eigenvalue weighted by Crippen LogP contribution is -2.23. The Kier molecular flexibility index (Phi) is 5.95. The topological polar surface area (TPSA) is 47.3 Å². The van der Waals surface area contributed by atoms with Crippen molar-refractivity contribution in [1.82, 2.24) is 10.3 Å². The van der Waals surface area contributed by atoms with E-state index in [9.17, 15) is 0 Å². The lowest BCUT2D eigenvalue weighted by atomic mass is 10.1. The lowest BCUT2D eigenvalue weighted by molar-refractivity contribution is 0.333. The zero-order chi connectivity index (χ0) is 14.2. The van der Waals surface area contributed by atoms with Gasteiger partial charge in [0.05, 0.1) is 12.8 Å². The molecule has 0 fully saturated rings. The monoisotopic (exact) mass is 292 g/mol. The number of aromatic nitrogens is 1. The summed E-state index contributed by atoms with van der Waals surface area (Å²) in [5.74, 6) is 1.78. The van der Waals surface area contributed by atoms with Crippen molar-refractivity contribution in [3.63, 3.8) is 0 Å². The quantitative estimate of drug-likeness (QED) is 0.754.